The van der Waals surface area contributed by atoms with Gasteiger partial charge in [0, 0.05) is 30.2 Å². The van der Waals surface area contributed by atoms with E-state index in [-0.39, 0.29) is 21.2 Å². The largest absolute Gasteiger partial charge is 0.507 e. The average Bonchev–Trinajstić information content (AvgIpc) is 3.62. The smallest absolute Gasteiger partial charge is 0.301 e. The van der Waals surface area contributed by atoms with Crippen molar-refractivity contribution in [3.05, 3.63) is 82.6 Å². The first-order valence-corrected chi connectivity index (χ1v) is 13.2. The number of carbonyl (C=O) groups excluding carboxylic acids is 2. The molecular weight excluding hydrogens is 493 g/mol. The molecule has 1 atom stereocenters. The van der Waals surface area contributed by atoms with Crippen LogP contribution in [0.5, 0.6) is 0 Å². The van der Waals surface area contributed by atoms with E-state index in [0.29, 0.717) is 18.7 Å². The number of nitrogens with zero attached hydrogens (tertiary/aromatic N) is 3. The Labute approximate surface area is 205 Å². The molecule has 35 heavy (non-hydrogen) atoms. The van der Waals surface area contributed by atoms with Gasteiger partial charge < -0.3 is 5.11 Å². The number of anilines is 1. The Morgan fingerprint density at radius 3 is 2.29 bits per heavy atom. The van der Waals surface area contributed by atoms with Crippen molar-refractivity contribution in [3.8, 4) is 0 Å². The van der Waals surface area contributed by atoms with E-state index in [0.717, 1.165) is 24.2 Å². The Hall–Kier alpha value is -3.41. The molecule has 5 rings (SSSR count). The predicted octanol–water partition coefficient (Wildman–Crippen LogP) is 3.69. The van der Waals surface area contributed by atoms with Gasteiger partial charge in [0.05, 0.1) is 16.5 Å². The summed E-state index contributed by atoms with van der Waals surface area (Å²) in [4.78, 5) is 31.4. The number of ketones is 1. The van der Waals surface area contributed by atoms with Crippen molar-refractivity contribution in [2.75, 3.05) is 18.0 Å². The third kappa shape index (κ3) is 4.05. The van der Waals surface area contributed by atoms with E-state index < -0.39 is 39.3 Å². The number of carbonyl (C=O) groups is 2. The number of hydrogen-bond donors (Lipinski definition) is 1. The zero-order chi connectivity index (χ0) is 24.7. The third-order valence-corrected chi connectivity index (χ3v) is 8.77. The fourth-order valence-corrected chi connectivity index (χ4v) is 6.53. The number of thiazole rings is 1. The first-order chi connectivity index (χ1) is 16.8. The quantitative estimate of drug-likeness (QED) is 0.317. The lowest BCUT2D eigenvalue weighted by atomic mass is 9.95. The SMILES string of the molecule is O=C1C(=O)N(c2nccs2)C(c2ccc(F)cc2)/C1=C(/O)c1ccc(S(=O)(=O)N2CCCC2)cc1. The fourth-order valence-electron chi connectivity index (χ4n) is 4.34. The van der Waals surface area contributed by atoms with Crippen molar-refractivity contribution in [1.82, 2.24) is 9.29 Å². The van der Waals surface area contributed by atoms with Gasteiger partial charge in [-0.05, 0) is 54.8 Å². The van der Waals surface area contributed by atoms with Crippen LogP contribution >= 0.6 is 11.3 Å². The van der Waals surface area contributed by atoms with Crippen LogP contribution in [0.4, 0.5) is 9.52 Å². The third-order valence-electron chi connectivity index (χ3n) is 6.09. The van der Waals surface area contributed by atoms with E-state index in [4.69, 9.17) is 0 Å². The molecular formula is C24H20FN3O5S2. The second-order valence-corrected chi connectivity index (χ2v) is 11.0. The normalized spacial score (nSPS) is 20.6. The molecule has 1 amide bonds. The molecule has 3 aromatic rings. The number of aliphatic hydroxyl groups is 1. The van der Waals surface area contributed by atoms with E-state index in [1.54, 1.807) is 5.38 Å². The number of halogens is 1. The molecule has 2 fully saturated rings. The molecule has 8 nitrogen and oxygen atoms in total. The lowest BCUT2D eigenvalue weighted by molar-refractivity contribution is -0.132. The summed E-state index contributed by atoms with van der Waals surface area (Å²) in [5, 5.41) is 13.0. The van der Waals surface area contributed by atoms with Gasteiger partial charge in [0.25, 0.3) is 5.78 Å². The Balaban J connectivity index is 1.59. The maximum atomic E-state index is 13.6. The summed E-state index contributed by atoms with van der Waals surface area (Å²) in [6.07, 6.45) is 3.10. The number of aliphatic hydroxyl groups excluding tert-OH is 1. The lowest BCUT2D eigenvalue weighted by Gasteiger charge is -2.23. The molecule has 1 unspecified atom stereocenters. The van der Waals surface area contributed by atoms with Crippen LogP contribution in [0.25, 0.3) is 5.76 Å². The van der Waals surface area contributed by atoms with Crippen molar-refractivity contribution in [3.63, 3.8) is 0 Å². The summed E-state index contributed by atoms with van der Waals surface area (Å²) >= 11 is 1.15. The minimum Gasteiger partial charge on any atom is -0.507 e. The molecule has 0 saturated carbocycles. The van der Waals surface area contributed by atoms with Crippen molar-refractivity contribution >= 4 is 43.9 Å². The highest BCUT2D eigenvalue weighted by molar-refractivity contribution is 7.89. The van der Waals surface area contributed by atoms with Crippen LogP contribution in [0.15, 0.2) is 70.6 Å². The summed E-state index contributed by atoms with van der Waals surface area (Å²) in [6, 6.07) is 9.78. The standard InChI is InChI=1S/C24H20FN3O5S2/c25-17-7-3-15(4-8-17)20-19(22(30)23(31)28(20)24-26-11-14-34-24)21(29)16-5-9-18(10-6-16)35(32,33)27-12-1-2-13-27/h3-11,14,20,29H,1-2,12-13H2/b21-19-. The zero-order valence-electron chi connectivity index (χ0n) is 18.3. The monoisotopic (exact) mass is 513 g/mol. The van der Waals surface area contributed by atoms with Crippen molar-refractivity contribution in [1.29, 1.82) is 0 Å². The Morgan fingerprint density at radius 2 is 1.69 bits per heavy atom. The molecule has 1 N–H and O–H groups in total. The van der Waals surface area contributed by atoms with Gasteiger partial charge in [0.1, 0.15) is 11.6 Å². The first kappa shape index (κ1) is 23.3. The van der Waals surface area contributed by atoms with Crippen LogP contribution in [-0.2, 0) is 19.6 Å². The number of Topliss-reactive ketones (excluding diaryl/α,β-unsaturated/α-hetero) is 1. The van der Waals surface area contributed by atoms with E-state index in [2.05, 4.69) is 4.98 Å². The van der Waals surface area contributed by atoms with E-state index >= 15 is 0 Å². The second kappa shape index (κ2) is 8.99. The minimum absolute atomic E-state index is 0.0780. The highest BCUT2D eigenvalue weighted by Gasteiger charge is 2.48. The van der Waals surface area contributed by atoms with Gasteiger partial charge in [0.15, 0.2) is 5.13 Å². The number of amides is 1. The molecule has 180 valence electrons. The molecule has 2 aliphatic heterocycles. The number of hydrogen-bond acceptors (Lipinski definition) is 7. The molecule has 3 heterocycles. The molecule has 0 aliphatic carbocycles. The zero-order valence-corrected chi connectivity index (χ0v) is 19.9. The van der Waals surface area contributed by atoms with Crippen LogP contribution in [0.1, 0.15) is 30.0 Å². The maximum absolute atomic E-state index is 13.6. The average molecular weight is 514 g/mol. The maximum Gasteiger partial charge on any atom is 0.301 e. The second-order valence-electron chi connectivity index (χ2n) is 8.17. The van der Waals surface area contributed by atoms with E-state index in [9.17, 15) is 27.5 Å². The highest BCUT2D eigenvalue weighted by Crippen LogP contribution is 2.42. The van der Waals surface area contributed by atoms with Crippen LogP contribution < -0.4 is 4.90 Å². The van der Waals surface area contributed by atoms with Crippen LogP contribution in [0.3, 0.4) is 0 Å². The van der Waals surface area contributed by atoms with Gasteiger partial charge in [-0.15, -0.1) is 11.3 Å². The van der Waals surface area contributed by atoms with E-state index in [1.165, 1.54) is 63.9 Å². The minimum atomic E-state index is -3.65. The van der Waals surface area contributed by atoms with Crippen LogP contribution in [0, 0.1) is 5.82 Å². The fraction of sp³-hybridized carbons (Fsp3) is 0.208. The summed E-state index contributed by atoms with van der Waals surface area (Å²) in [5.74, 6) is -2.73. The molecule has 0 spiro atoms. The lowest BCUT2D eigenvalue weighted by Crippen LogP contribution is -2.29. The van der Waals surface area contributed by atoms with Gasteiger partial charge in [-0.2, -0.15) is 4.31 Å². The Kier molecular flexibility index (Phi) is 5.99. The van der Waals surface area contributed by atoms with Crippen molar-refractivity contribution in [2.45, 2.75) is 23.8 Å². The number of benzene rings is 2. The molecule has 1 aromatic heterocycles. The van der Waals surface area contributed by atoms with Gasteiger partial charge in [0.2, 0.25) is 10.0 Å². The molecule has 0 radical (unpaired) electrons. The summed E-state index contributed by atoms with van der Waals surface area (Å²) in [5.41, 5.74) is 0.400. The van der Waals surface area contributed by atoms with Crippen LogP contribution in [0.2, 0.25) is 0 Å². The van der Waals surface area contributed by atoms with Gasteiger partial charge >= 0.3 is 5.91 Å². The Bertz CT molecular complexity index is 1410. The molecule has 2 aliphatic rings. The van der Waals surface area contributed by atoms with Crippen LogP contribution in [-0.4, -0.2) is 47.6 Å². The number of rotatable bonds is 5. The Morgan fingerprint density at radius 1 is 1.03 bits per heavy atom. The van der Waals surface area contributed by atoms with Gasteiger partial charge in [-0.25, -0.2) is 17.8 Å². The van der Waals surface area contributed by atoms with E-state index in [1.807, 2.05) is 0 Å². The number of aromatic nitrogens is 1. The summed E-state index contributed by atoms with van der Waals surface area (Å²) in [6.45, 7) is 0.921. The molecule has 0 bridgehead atoms. The van der Waals surface area contributed by atoms with Gasteiger partial charge in [-0.1, -0.05) is 12.1 Å². The van der Waals surface area contributed by atoms with Crippen molar-refractivity contribution in [2.24, 2.45) is 0 Å². The molecule has 2 aromatic carbocycles. The summed E-state index contributed by atoms with van der Waals surface area (Å²) in [7, 11) is -3.65. The first-order valence-electron chi connectivity index (χ1n) is 10.9. The summed E-state index contributed by atoms with van der Waals surface area (Å²) < 4.78 is 40.6. The molecule has 11 heteroatoms. The predicted molar refractivity (Wildman–Crippen MR) is 128 cm³/mol. The molecule has 2 saturated heterocycles. The number of sulfonamides is 1. The highest BCUT2D eigenvalue weighted by atomic mass is 32.2. The van der Waals surface area contributed by atoms with Gasteiger partial charge in [-0.3, -0.25) is 14.5 Å². The van der Waals surface area contributed by atoms with Crippen molar-refractivity contribution < 1.29 is 27.5 Å². The topological polar surface area (TPSA) is 108 Å².